The SMILES string of the molecule is C=CC(=O)N1CCN(I)CC1CO. The minimum Gasteiger partial charge on any atom is -0.394 e. The summed E-state index contributed by atoms with van der Waals surface area (Å²) in [6.07, 6.45) is 1.30. The fraction of sp³-hybridized carbons (Fsp3) is 0.625. The molecule has 1 atom stereocenters. The standard InChI is InChI=1S/C8H13IN2O2/c1-2-8(13)11-4-3-10(9)5-7(11)6-12/h2,7,12H,1,3-6H2. The van der Waals surface area contributed by atoms with Crippen molar-refractivity contribution in [2.75, 3.05) is 26.2 Å². The first-order valence-electron chi connectivity index (χ1n) is 4.13. The maximum Gasteiger partial charge on any atom is 0.246 e. The Morgan fingerprint density at radius 2 is 2.38 bits per heavy atom. The lowest BCUT2D eigenvalue weighted by molar-refractivity contribution is -0.130. The summed E-state index contributed by atoms with van der Waals surface area (Å²) in [6.45, 7) is 5.68. The lowest BCUT2D eigenvalue weighted by atomic mass is 10.2. The number of nitrogens with zero attached hydrogens (tertiary/aromatic N) is 2. The topological polar surface area (TPSA) is 43.8 Å². The normalized spacial score (nSPS) is 24.5. The molecule has 1 fully saturated rings. The second-order valence-electron chi connectivity index (χ2n) is 2.94. The van der Waals surface area contributed by atoms with Gasteiger partial charge < -0.3 is 10.0 Å². The molecule has 0 bridgehead atoms. The molecule has 1 heterocycles. The molecular weight excluding hydrogens is 283 g/mol. The van der Waals surface area contributed by atoms with E-state index >= 15 is 0 Å². The average Bonchev–Trinajstić information content (AvgIpc) is 2.16. The van der Waals surface area contributed by atoms with Crippen molar-refractivity contribution < 1.29 is 9.90 Å². The minimum absolute atomic E-state index is 0.0130. The van der Waals surface area contributed by atoms with Crippen LogP contribution >= 0.6 is 22.9 Å². The summed E-state index contributed by atoms with van der Waals surface area (Å²) < 4.78 is 2.07. The Bertz CT molecular complexity index is 210. The summed E-state index contributed by atoms with van der Waals surface area (Å²) in [4.78, 5) is 13.0. The van der Waals surface area contributed by atoms with Crippen LogP contribution in [-0.2, 0) is 4.79 Å². The molecule has 0 radical (unpaired) electrons. The second-order valence-corrected chi connectivity index (χ2v) is 4.31. The molecule has 0 aliphatic carbocycles. The van der Waals surface area contributed by atoms with Gasteiger partial charge in [-0.3, -0.25) is 4.79 Å². The summed E-state index contributed by atoms with van der Waals surface area (Å²) in [5.41, 5.74) is 0. The van der Waals surface area contributed by atoms with E-state index in [1.54, 1.807) is 4.90 Å². The number of carbonyl (C=O) groups excluding carboxylic acids is 1. The van der Waals surface area contributed by atoms with Crippen molar-refractivity contribution in [2.45, 2.75) is 6.04 Å². The van der Waals surface area contributed by atoms with Gasteiger partial charge in [-0.15, -0.1) is 0 Å². The van der Waals surface area contributed by atoms with E-state index in [-0.39, 0.29) is 18.6 Å². The Balaban J connectivity index is 2.62. The number of carbonyl (C=O) groups is 1. The van der Waals surface area contributed by atoms with Crippen molar-refractivity contribution in [2.24, 2.45) is 0 Å². The van der Waals surface area contributed by atoms with Crippen LogP contribution in [0.2, 0.25) is 0 Å². The summed E-state index contributed by atoms with van der Waals surface area (Å²) in [7, 11) is 0. The van der Waals surface area contributed by atoms with Crippen molar-refractivity contribution in [1.82, 2.24) is 8.01 Å². The zero-order valence-electron chi connectivity index (χ0n) is 7.32. The van der Waals surface area contributed by atoms with Gasteiger partial charge in [-0.1, -0.05) is 6.58 Å². The summed E-state index contributed by atoms with van der Waals surface area (Å²) in [5.74, 6) is -0.0939. The maximum absolute atomic E-state index is 11.3. The van der Waals surface area contributed by atoms with Gasteiger partial charge in [-0.25, -0.2) is 3.11 Å². The van der Waals surface area contributed by atoms with Crippen LogP contribution in [0, 0.1) is 0 Å². The van der Waals surface area contributed by atoms with E-state index in [1.165, 1.54) is 6.08 Å². The molecule has 0 aromatic rings. The summed E-state index contributed by atoms with van der Waals surface area (Å²) in [6, 6.07) is -0.0869. The average molecular weight is 296 g/mol. The van der Waals surface area contributed by atoms with Gasteiger partial charge in [0.05, 0.1) is 12.6 Å². The van der Waals surface area contributed by atoms with Gasteiger partial charge in [0.25, 0.3) is 0 Å². The van der Waals surface area contributed by atoms with Crippen LogP contribution in [0.3, 0.4) is 0 Å². The Kier molecular flexibility index (Phi) is 4.14. The van der Waals surface area contributed by atoms with Crippen LogP contribution in [-0.4, -0.2) is 51.3 Å². The fourth-order valence-electron chi connectivity index (χ4n) is 1.38. The minimum atomic E-state index is -0.0939. The number of hydrogen-bond donors (Lipinski definition) is 1. The van der Waals surface area contributed by atoms with Crippen LogP contribution in [0.15, 0.2) is 12.7 Å². The van der Waals surface area contributed by atoms with Crippen molar-refractivity contribution in [3.8, 4) is 0 Å². The maximum atomic E-state index is 11.3. The number of amides is 1. The van der Waals surface area contributed by atoms with E-state index in [0.29, 0.717) is 6.54 Å². The molecule has 1 aliphatic rings. The Morgan fingerprint density at radius 3 is 2.92 bits per heavy atom. The number of aliphatic hydroxyl groups is 1. The predicted molar refractivity (Wildman–Crippen MR) is 58.4 cm³/mol. The Labute approximate surface area is 91.7 Å². The third kappa shape index (κ3) is 2.65. The quantitative estimate of drug-likeness (QED) is 0.444. The molecule has 13 heavy (non-hydrogen) atoms. The first kappa shape index (κ1) is 10.9. The van der Waals surface area contributed by atoms with Crippen molar-refractivity contribution in [3.63, 3.8) is 0 Å². The zero-order chi connectivity index (χ0) is 9.84. The molecule has 0 aromatic carbocycles. The first-order chi connectivity index (χ1) is 6.19. The van der Waals surface area contributed by atoms with Crippen LogP contribution in [0.5, 0.6) is 0 Å². The Morgan fingerprint density at radius 1 is 1.69 bits per heavy atom. The summed E-state index contributed by atoms with van der Waals surface area (Å²) in [5, 5.41) is 9.07. The summed E-state index contributed by atoms with van der Waals surface area (Å²) >= 11 is 2.20. The van der Waals surface area contributed by atoms with Crippen LogP contribution in [0.4, 0.5) is 0 Å². The van der Waals surface area contributed by atoms with Gasteiger partial charge in [0.1, 0.15) is 0 Å². The highest BCUT2D eigenvalue weighted by Gasteiger charge is 2.27. The molecule has 0 aromatic heterocycles. The number of aliphatic hydroxyl groups excluding tert-OH is 1. The molecule has 5 heteroatoms. The molecule has 1 saturated heterocycles. The largest absolute Gasteiger partial charge is 0.394 e. The van der Waals surface area contributed by atoms with Gasteiger partial charge in [-0.05, 0) is 6.08 Å². The number of halogens is 1. The van der Waals surface area contributed by atoms with E-state index < -0.39 is 0 Å². The molecule has 4 nitrogen and oxygen atoms in total. The lowest BCUT2D eigenvalue weighted by Crippen LogP contribution is -2.53. The highest BCUT2D eigenvalue weighted by Crippen LogP contribution is 2.13. The fourth-order valence-corrected chi connectivity index (χ4v) is 2.05. The second kappa shape index (κ2) is 4.92. The number of piperazine rings is 1. The van der Waals surface area contributed by atoms with E-state index in [4.69, 9.17) is 5.11 Å². The van der Waals surface area contributed by atoms with Crippen molar-refractivity contribution >= 4 is 28.8 Å². The first-order valence-corrected chi connectivity index (χ1v) is 5.10. The van der Waals surface area contributed by atoms with Crippen molar-refractivity contribution in [3.05, 3.63) is 12.7 Å². The van der Waals surface area contributed by atoms with Crippen LogP contribution < -0.4 is 0 Å². The lowest BCUT2D eigenvalue weighted by Gasteiger charge is -2.37. The predicted octanol–water partition coefficient (Wildman–Crippen LogP) is 0.0275. The van der Waals surface area contributed by atoms with Crippen LogP contribution in [0.1, 0.15) is 0 Å². The smallest absolute Gasteiger partial charge is 0.246 e. The van der Waals surface area contributed by atoms with E-state index in [9.17, 15) is 4.79 Å². The molecule has 74 valence electrons. The third-order valence-electron chi connectivity index (χ3n) is 2.10. The van der Waals surface area contributed by atoms with E-state index in [1.807, 2.05) is 0 Å². The van der Waals surface area contributed by atoms with Gasteiger partial charge in [-0.2, -0.15) is 0 Å². The molecule has 1 rings (SSSR count). The molecule has 1 aliphatic heterocycles. The van der Waals surface area contributed by atoms with Gasteiger partial charge in [0, 0.05) is 42.5 Å². The monoisotopic (exact) mass is 296 g/mol. The van der Waals surface area contributed by atoms with E-state index in [2.05, 4.69) is 32.6 Å². The molecule has 0 spiro atoms. The number of hydrogen-bond acceptors (Lipinski definition) is 3. The molecule has 1 amide bonds. The Hall–Kier alpha value is -0.140. The van der Waals surface area contributed by atoms with Crippen molar-refractivity contribution in [1.29, 1.82) is 0 Å². The highest BCUT2D eigenvalue weighted by molar-refractivity contribution is 14.1. The molecular formula is C8H13IN2O2. The third-order valence-corrected chi connectivity index (χ3v) is 2.98. The van der Waals surface area contributed by atoms with Gasteiger partial charge in [0.15, 0.2) is 0 Å². The number of rotatable bonds is 2. The van der Waals surface area contributed by atoms with Gasteiger partial charge in [0.2, 0.25) is 5.91 Å². The highest BCUT2D eigenvalue weighted by atomic mass is 127. The molecule has 1 unspecified atom stereocenters. The van der Waals surface area contributed by atoms with Gasteiger partial charge >= 0.3 is 0 Å². The van der Waals surface area contributed by atoms with Crippen LogP contribution in [0.25, 0.3) is 0 Å². The van der Waals surface area contributed by atoms with E-state index in [0.717, 1.165) is 13.1 Å². The molecule has 0 saturated carbocycles. The zero-order valence-corrected chi connectivity index (χ0v) is 9.48. The molecule has 1 N–H and O–H groups in total.